The summed E-state index contributed by atoms with van der Waals surface area (Å²) < 4.78 is 5.26. The number of ether oxygens (including phenoxy) is 1. The summed E-state index contributed by atoms with van der Waals surface area (Å²) >= 11 is 5.95. The van der Waals surface area contributed by atoms with E-state index in [1.807, 2.05) is 32.0 Å². The highest BCUT2D eigenvalue weighted by Crippen LogP contribution is 2.22. The van der Waals surface area contributed by atoms with Crippen molar-refractivity contribution in [3.8, 4) is 5.75 Å². The molecule has 0 aliphatic carbocycles. The normalized spacial score (nSPS) is 11.6. The fraction of sp³-hybridized carbons (Fsp3) is 0.538. The predicted molar refractivity (Wildman–Crippen MR) is 70.6 cm³/mol. The maximum Gasteiger partial charge on any atom is 0.123 e. The molecule has 2 N–H and O–H groups in total. The first-order valence-corrected chi connectivity index (χ1v) is 6.00. The Hall–Kier alpha value is -0.770. The molecule has 0 unspecified atom stereocenters. The standard InChI is InChI=1S/C13H20ClNO2/c1-13(2,9-16)8-15-7-10-6-11(14)4-5-12(10)17-3/h4-6,15-16H,7-9H2,1-3H3. The van der Waals surface area contributed by atoms with E-state index in [4.69, 9.17) is 21.4 Å². The third-order valence-electron chi connectivity index (χ3n) is 2.59. The van der Waals surface area contributed by atoms with Crippen LogP contribution in [0.3, 0.4) is 0 Å². The lowest BCUT2D eigenvalue weighted by atomic mass is 9.95. The highest BCUT2D eigenvalue weighted by molar-refractivity contribution is 6.30. The number of hydrogen-bond acceptors (Lipinski definition) is 3. The molecule has 17 heavy (non-hydrogen) atoms. The van der Waals surface area contributed by atoms with Gasteiger partial charge in [0.15, 0.2) is 0 Å². The van der Waals surface area contributed by atoms with Crippen molar-refractivity contribution in [2.24, 2.45) is 5.41 Å². The Morgan fingerprint density at radius 1 is 1.41 bits per heavy atom. The number of nitrogens with one attached hydrogen (secondary N) is 1. The molecule has 1 aromatic carbocycles. The summed E-state index contributed by atoms with van der Waals surface area (Å²) in [5.74, 6) is 0.823. The molecule has 1 aromatic rings. The highest BCUT2D eigenvalue weighted by atomic mass is 35.5. The first-order chi connectivity index (χ1) is 7.98. The first-order valence-electron chi connectivity index (χ1n) is 5.62. The minimum Gasteiger partial charge on any atom is -0.496 e. The second kappa shape index (κ2) is 6.24. The van der Waals surface area contributed by atoms with Crippen LogP contribution >= 0.6 is 11.6 Å². The van der Waals surface area contributed by atoms with Crippen LogP contribution in [0.2, 0.25) is 5.02 Å². The Morgan fingerprint density at radius 2 is 2.12 bits per heavy atom. The fourth-order valence-electron chi connectivity index (χ4n) is 1.48. The zero-order valence-electron chi connectivity index (χ0n) is 10.6. The lowest BCUT2D eigenvalue weighted by Crippen LogP contribution is -2.31. The van der Waals surface area contributed by atoms with Gasteiger partial charge in [0.25, 0.3) is 0 Å². The van der Waals surface area contributed by atoms with Crippen molar-refractivity contribution in [1.82, 2.24) is 5.32 Å². The quantitative estimate of drug-likeness (QED) is 0.823. The van der Waals surface area contributed by atoms with Crippen molar-refractivity contribution < 1.29 is 9.84 Å². The number of aliphatic hydroxyl groups excluding tert-OH is 1. The smallest absolute Gasteiger partial charge is 0.123 e. The molecular formula is C13H20ClNO2. The lowest BCUT2D eigenvalue weighted by molar-refractivity contribution is 0.156. The second-order valence-electron chi connectivity index (χ2n) is 4.88. The molecule has 0 spiro atoms. The number of rotatable bonds is 6. The van der Waals surface area contributed by atoms with E-state index in [2.05, 4.69) is 5.32 Å². The Bertz CT molecular complexity index is 366. The minimum absolute atomic E-state index is 0.119. The zero-order valence-corrected chi connectivity index (χ0v) is 11.3. The molecule has 3 nitrogen and oxygen atoms in total. The molecule has 96 valence electrons. The van der Waals surface area contributed by atoms with Crippen molar-refractivity contribution in [2.75, 3.05) is 20.3 Å². The van der Waals surface area contributed by atoms with Crippen LogP contribution in [0.5, 0.6) is 5.75 Å². The second-order valence-corrected chi connectivity index (χ2v) is 5.32. The molecule has 1 rings (SSSR count). The van der Waals surface area contributed by atoms with Crippen molar-refractivity contribution in [2.45, 2.75) is 20.4 Å². The van der Waals surface area contributed by atoms with Gasteiger partial charge in [-0.3, -0.25) is 0 Å². The molecule has 0 aromatic heterocycles. The van der Waals surface area contributed by atoms with Gasteiger partial charge < -0.3 is 15.2 Å². The Kier molecular flexibility index (Phi) is 5.25. The molecule has 0 aliphatic heterocycles. The molecule has 0 radical (unpaired) electrons. The minimum atomic E-state index is -0.119. The predicted octanol–water partition coefficient (Wildman–Crippen LogP) is 2.46. The SMILES string of the molecule is COc1ccc(Cl)cc1CNCC(C)(C)CO. The fourth-order valence-corrected chi connectivity index (χ4v) is 1.67. The van der Waals surface area contributed by atoms with Gasteiger partial charge in [-0.15, -0.1) is 0 Å². The van der Waals surface area contributed by atoms with Gasteiger partial charge in [-0.25, -0.2) is 0 Å². The van der Waals surface area contributed by atoms with E-state index in [0.29, 0.717) is 11.6 Å². The molecule has 0 saturated heterocycles. The van der Waals surface area contributed by atoms with Gasteiger partial charge in [0, 0.05) is 35.7 Å². The van der Waals surface area contributed by atoms with Crippen LogP contribution in [-0.2, 0) is 6.54 Å². The van der Waals surface area contributed by atoms with E-state index < -0.39 is 0 Å². The number of aliphatic hydroxyl groups is 1. The molecule has 0 saturated carbocycles. The number of halogens is 1. The van der Waals surface area contributed by atoms with Gasteiger partial charge in [-0.2, -0.15) is 0 Å². The van der Waals surface area contributed by atoms with Crippen LogP contribution in [0, 0.1) is 5.41 Å². The lowest BCUT2D eigenvalue weighted by Gasteiger charge is -2.22. The van der Waals surface area contributed by atoms with E-state index in [-0.39, 0.29) is 12.0 Å². The van der Waals surface area contributed by atoms with E-state index in [9.17, 15) is 0 Å². The summed E-state index contributed by atoms with van der Waals surface area (Å²) in [7, 11) is 1.64. The topological polar surface area (TPSA) is 41.5 Å². The molecule has 4 heteroatoms. The summed E-state index contributed by atoms with van der Waals surface area (Å²) in [5.41, 5.74) is 0.903. The van der Waals surface area contributed by atoms with Crippen LogP contribution in [0.15, 0.2) is 18.2 Å². The van der Waals surface area contributed by atoms with E-state index in [0.717, 1.165) is 17.9 Å². The van der Waals surface area contributed by atoms with Crippen molar-refractivity contribution >= 4 is 11.6 Å². The van der Waals surface area contributed by atoms with Crippen molar-refractivity contribution in [1.29, 1.82) is 0 Å². The number of hydrogen-bond donors (Lipinski definition) is 2. The molecule has 0 heterocycles. The van der Waals surface area contributed by atoms with E-state index in [1.165, 1.54) is 0 Å². The van der Waals surface area contributed by atoms with Gasteiger partial charge in [-0.05, 0) is 18.2 Å². The number of benzene rings is 1. The van der Waals surface area contributed by atoms with Crippen LogP contribution in [0.4, 0.5) is 0 Å². The Labute approximate surface area is 108 Å². The molecule has 0 aliphatic rings. The Morgan fingerprint density at radius 3 is 2.71 bits per heavy atom. The van der Waals surface area contributed by atoms with Crippen LogP contribution < -0.4 is 10.1 Å². The van der Waals surface area contributed by atoms with Crippen LogP contribution in [0.1, 0.15) is 19.4 Å². The summed E-state index contributed by atoms with van der Waals surface area (Å²) in [5, 5.41) is 13.1. The van der Waals surface area contributed by atoms with Gasteiger partial charge >= 0.3 is 0 Å². The highest BCUT2D eigenvalue weighted by Gasteiger charge is 2.15. The molecule has 0 bridgehead atoms. The molecule has 0 atom stereocenters. The first kappa shape index (κ1) is 14.3. The maximum absolute atomic E-state index is 9.15. The van der Waals surface area contributed by atoms with E-state index in [1.54, 1.807) is 7.11 Å². The molecule has 0 amide bonds. The van der Waals surface area contributed by atoms with Crippen LogP contribution in [0.25, 0.3) is 0 Å². The monoisotopic (exact) mass is 257 g/mol. The third-order valence-corrected chi connectivity index (χ3v) is 2.82. The zero-order chi connectivity index (χ0) is 12.9. The third kappa shape index (κ3) is 4.54. The molecular weight excluding hydrogens is 238 g/mol. The Balaban J connectivity index is 2.59. The average molecular weight is 258 g/mol. The molecule has 0 fully saturated rings. The number of methoxy groups -OCH3 is 1. The largest absolute Gasteiger partial charge is 0.496 e. The summed E-state index contributed by atoms with van der Waals surface area (Å²) in [6.07, 6.45) is 0. The van der Waals surface area contributed by atoms with Crippen molar-refractivity contribution in [3.63, 3.8) is 0 Å². The van der Waals surface area contributed by atoms with E-state index >= 15 is 0 Å². The summed E-state index contributed by atoms with van der Waals surface area (Å²) in [4.78, 5) is 0. The summed E-state index contributed by atoms with van der Waals surface area (Å²) in [6.45, 7) is 5.59. The van der Waals surface area contributed by atoms with Gasteiger partial charge in [0.05, 0.1) is 7.11 Å². The average Bonchev–Trinajstić information content (AvgIpc) is 2.29. The van der Waals surface area contributed by atoms with Gasteiger partial charge in [0.1, 0.15) is 5.75 Å². The van der Waals surface area contributed by atoms with Crippen molar-refractivity contribution in [3.05, 3.63) is 28.8 Å². The van der Waals surface area contributed by atoms with Gasteiger partial charge in [-0.1, -0.05) is 25.4 Å². The van der Waals surface area contributed by atoms with Gasteiger partial charge in [0.2, 0.25) is 0 Å². The maximum atomic E-state index is 9.15. The van der Waals surface area contributed by atoms with Crippen LogP contribution in [-0.4, -0.2) is 25.4 Å². The summed E-state index contributed by atoms with van der Waals surface area (Å²) in [6, 6.07) is 5.55.